The van der Waals surface area contributed by atoms with Crippen LogP contribution < -0.4 is 10.6 Å². The summed E-state index contributed by atoms with van der Waals surface area (Å²) in [5.74, 6) is 1.96. The number of rotatable bonds is 4. The van der Waals surface area contributed by atoms with Gasteiger partial charge in [-0.25, -0.2) is 9.97 Å². The van der Waals surface area contributed by atoms with Crippen LogP contribution in [0.15, 0.2) is 60.2 Å². The van der Waals surface area contributed by atoms with Crippen molar-refractivity contribution >= 4 is 55.7 Å². The molecule has 7 nitrogen and oxygen atoms in total. The van der Waals surface area contributed by atoms with E-state index >= 15 is 0 Å². The van der Waals surface area contributed by atoms with Gasteiger partial charge in [0.05, 0.1) is 21.9 Å². The zero-order chi connectivity index (χ0) is 17.3. The Morgan fingerprint density at radius 1 is 1.00 bits per heavy atom. The van der Waals surface area contributed by atoms with Crippen molar-refractivity contribution in [3.05, 3.63) is 60.2 Å². The molecule has 0 saturated carbocycles. The summed E-state index contributed by atoms with van der Waals surface area (Å²) in [4.78, 5) is 13.5. The van der Waals surface area contributed by atoms with Crippen LogP contribution in [0.4, 0.5) is 23.3 Å². The Morgan fingerprint density at radius 2 is 2.00 bits per heavy atom. The van der Waals surface area contributed by atoms with E-state index in [2.05, 4.69) is 35.8 Å². The quantitative estimate of drug-likeness (QED) is 0.439. The van der Waals surface area contributed by atoms with E-state index in [4.69, 9.17) is 0 Å². The number of nitrogens with zero attached hydrogens (tertiary/aromatic N) is 4. The Hall–Kier alpha value is -3.52. The van der Waals surface area contributed by atoms with Gasteiger partial charge in [-0.2, -0.15) is 10.1 Å². The first-order valence-electron chi connectivity index (χ1n) is 7.99. The molecule has 0 unspecified atom stereocenters. The molecule has 4 aromatic heterocycles. The van der Waals surface area contributed by atoms with Gasteiger partial charge in [-0.3, -0.25) is 5.10 Å². The average Bonchev–Trinajstić information content (AvgIpc) is 3.31. The number of aromatic nitrogens is 5. The second kappa shape index (κ2) is 6.08. The minimum atomic E-state index is 0.501. The average molecular weight is 359 g/mol. The third kappa shape index (κ3) is 2.72. The van der Waals surface area contributed by atoms with Crippen LogP contribution in [0.25, 0.3) is 21.1 Å². The van der Waals surface area contributed by atoms with Crippen LogP contribution in [0.3, 0.4) is 0 Å². The van der Waals surface area contributed by atoms with Crippen molar-refractivity contribution in [1.82, 2.24) is 25.1 Å². The Bertz CT molecular complexity index is 1200. The molecular formula is C18H13N7S. The highest BCUT2D eigenvalue weighted by Crippen LogP contribution is 2.30. The van der Waals surface area contributed by atoms with Gasteiger partial charge in [-0.1, -0.05) is 6.07 Å². The lowest BCUT2D eigenvalue weighted by Crippen LogP contribution is -2.02. The summed E-state index contributed by atoms with van der Waals surface area (Å²) in [6, 6.07) is 13.7. The number of nitrogens with one attached hydrogen (secondary N) is 3. The molecule has 8 heteroatoms. The van der Waals surface area contributed by atoms with Crippen LogP contribution in [0.2, 0.25) is 0 Å². The van der Waals surface area contributed by atoms with Crippen molar-refractivity contribution in [2.45, 2.75) is 0 Å². The maximum atomic E-state index is 4.65. The number of benzene rings is 1. The van der Waals surface area contributed by atoms with E-state index in [0.29, 0.717) is 11.8 Å². The van der Waals surface area contributed by atoms with Gasteiger partial charge in [0.1, 0.15) is 5.82 Å². The number of H-pyrrole nitrogens is 1. The Balaban J connectivity index is 1.54. The summed E-state index contributed by atoms with van der Waals surface area (Å²) in [6.07, 6.45) is 3.53. The molecule has 1 aromatic carbocycles. The molecular weight excluding hydrogens is 346 g/mol. The molecule has 0 radical (unpaired) electrons. The van der Waals surface area contributed by atoms with Crippen molar-refractivity contribution in [2.75, 3.05) is 10.6 Å². The van der Waals surface area contributed by atoms with Crippen molar-refractivity contribution in [3.63, 3.8) is 0 Å². The molecule has 0 spiro atoms. The molecule has 4 heterocycles. The summed E-state index contributed by atoms with van der Waals surface area (Å²) in [6.45, 7) is 0. The normalized spacial score (nSPS) is 11.1. The maximum absolute atomic E-state index is 4.65. The van der Waals surface area contributed by atoms with Gasteiger partial charge in [0.2, 0.25) is 5.95 Å². The zero-order valence-corrected chi connectivity index (χ0v) is 14.3. The van der Waals surface area contributed by atoms with Crippen LogP contribution >= 0.6 is 11.3 Å². The smallest absolute Gasteiger partial charge is 0.231 e. The third-order valence-electron chi connectivity index (χ3n) is 3.91. The Labute approximate surface area is 152 Å². The summed E-state index contributed by atoms with van der Waals surface area (Å²) < 4.78 is 1.00. The predicted molar refractivity (Wildman–Crippen MR) is 104 cm³/mol. The van der Waals surface area contributed by atoms with E-state index < -0.39 is 0 Å². The Kier molecular flexibility index (Phi) is 3.46. The minimum Gasteiger partial charge on any atom is -0.339 e. The highest BCUT2D eigenvalue weighted by molar-refractivity contribution is 7.17. The SMILES string of the molecule is c1ccc(Nc2nc(Nc3ccc4[nH]ncc4c3)c3sccc3n2)nc1. The summed E-state index contributed by atoms with van der Waals surface area (Å²) in [5.41, 5.74) is 2.82. The van der Waals surface area contributed by atoms with Crippen LogP contribution in [-0.2, 0) is 0 Å². The molecule has 5 aromatic rings. The fourth-order valence-electron chi connectivity index (χ4n) is 2.71. The molecule has 126 valence electrons. The fraction of sp³-hybridized carbons (Fsp3) is 0. The number of fused-ring (bicyclic) bond motifs is 2. The van der Waals surface area contributed by atoms with E-state index in [1.807, 2.05) is 47.8 Å². The van der Waals surface area contributed by atoms with Gasteiger partial charge in [0.25, 0.3) is 0 Å². The van der Waals surface area contributed by atoms with E-state index in [9.17, 15) is 0 Å². The van der Waals surface area contributed by atoms with Gasteiger partial charge in [-0.15, -0.1) is 11.3 Å². The number of hydrogen-bond acceptors (Lipinski definition) is 7. The van der Waals surface area contributed by atoms with Crippen molar-refractivity contribution in [3.8, 4) is 0 Å². The fourth-order valence-corrected chi connectivity index (χ4v) is 3.49. The molecule has 0 aliphatic carbocycles. The summed E-state index contributed by atoms with van der Waals surface area (Å²) >= 11 is 1.60. The lowest BCUT2D eigenvalue weighted by atomic mass is 10.2. The van der Waals surface area contributed by atoms with Gasteiger partial charge in [-0.05, 0) is 41.8 Å². The lowest BCUT2D eigenvalue weighted by molar-refractivity contribution is 1.12. The van der Waals surface area contributed by atoms with Gasteiger partial charge in [0.15, 0.2) is 5.82 Å². The highest BCUT2D eigenvalue weighted by atomic mass is 32.1. The van der Waals surface area contributed by atoms with E-state index in [1.165, 1.54) is 0 Å². The topological polar surface area (TPSA) is 91.4 Å². The molecule has 0 aliphatic heterocycles. The molecule has 0 saturated heterocycles. The first-order chi connectivity index (χ1) is 12.8. The van der Waals surface area contributed by atoms with E-state index in [-0.39, 0.29) is 0 Å². The first-order valence-corrected chi connectivity index (χ1v) is 8.86. The predicted octanol–water partition coefficient (Wildman–Crippen LogP) is 4.45. The van der Waals surface area contributed by atoms with Crippen molar-refractivity contribution in [2.24, 2.45) is 0 Å². The van der Waals surface area contributed by atoms with Gasteiger partial charge in [0, 0.05) is 17.3 Å². The number of hydrogen-bond donors (Lipinski definition) is 3. The lowest BCUT2D eigenvalue weighted by Gasteiger charge is -2.10. The minimum absolute atomic E-state index is 0.501. The second-order valence-corrected chi connectivity index (χ2v) is 6.58. The molecule has 0 aliphatic rings. The molecule has 0 bridgehead atoms. The first kappa shape index (κ1) is 14.8. The standard InChI is InChI=1S/C18H13N7S/c1-2-7-19-15(3-1)23-18-22-14-6-8-26-16(14)17(24-18)21-12-4-5-13-11(9-12)10-20-25-13/h1-10H,(H,20,25)(H2,19,21,22,23,24). The number of pyridine rings is 1. The number of thiophene rings is 1. The van der Waals surface area contributed by atoms with Gasteiger partial charge >= 0.3 is 0 Å². The molecule has 5 rings (SSSR count). The molecule has 0 atom stereocenters. The monoisotopic (exact) mass is 359 g/mol. The summed E-state index contributed by atoms with van der Waals surface area (Å²) in [5, 5.41) is 16.6. The van der Waals surface area contributed by atoms with E-state index in [1.54, 1.807) is 23.7 Å². The van der Waals surface area contributed by atoms with Crippen molar-refractivity contribution < 1.29 is 0 Å². The molecule has 26 heavy (non-hydrogen) atoms. The molecule has 3 N–H and O–H groups in total. The van der Waals surface area contributed by atoms with Crippen LogP contribution in [-0.4, -0.2) is 25.1 Å². The highest BCUT2D eigenvalue weighted by Gasteiger charge is 2.10. The van der Waals surface area contributed by atoms with Crippen molar-refractivity contribution in [1.29, 1.82) is 0 Å². The molecule has 0 amide bonds. The number of aromatic amines is 1. The van der Waals surface area contributed by atoms with Crippen LogP contribution in [0.5, 0.6) is 0 Å². The second-order valence-electron chi connectivity index (χ2n) is 5.67. The molecule has 0 fully saturated rings. The van der Waals surface area contributed by atoms with E-state index in [0.717, 1.165) is 32.6 Å². The largest absolute Gasteiger partial charge is 0.339 e. The maximum Gasteiger partial charge on any atom is 0.231 e. The number of anilines is 4. The Morgan fingerprint density at radius 3 is 2.92 bits per heavy atom. The van der Waals surface area contributed by atoms with Crippen LogP contribution in [0, 0.1) is 0 Å². The van der Waals surface area contributed by atoms with Crippen LogP contribution in [0.1, 0.15) is 0 Å². The zero-order valence-electron chi connectivity index (χ0n) is 13.5. The summed E-state index contributed by atoms with van der Waals surface area (Å²) in [7, 11) is 0. The van der Waals surface area contributed by atoms with Gasteiger partial charge < -0.3 is 10.6 Å². The third-order valence-corrected chi connectivity index (χ3v) is 4.82.